The summed E-state index contributed by atoms with van der Waals surface area (Å²) in [5.41, 5.74) is 0. The van der Waals surface area contributed by atoms with E-state index < -0.39 is 5.76 Å². The van der Waals surface area contributed by atoms with Crippen LogP contribution in [0, 0.1) is 0 Å². The van der Waals surface area contributed by atoms with Gasteiger partial charge in [-0.1, -0.05) is 17.8 Å². The highest BCUT2D eigenvalue weighted by Gasteiger charge is 2.06. The molecule has 0 aromatic carbocycles. The molecule has 0 unspecified atom stereocenters. The van der Waals surface area contributed by atoms with Crippen LogP contribution in [-0.2, 0) is 12.3 Å². The van der Waals surface area contributed by atoms with Crippen molar-refractivity contribution in [3.63, 3.8) is 0 Å². The minimum absolute atomic E-state index is 0.215. The Morgan fingerprint density at radius 2 is 2.17 bits per heavy atom. The summed E-state index contributed by atoms with van der Waals surface area (Å²) in [7, 11) is 0. The SMILES string of the molecule is C=CCSCCNCc1ccc(CSC(F)F)o1. The molecule has 1 N–H and O–H groups in total. The fourth-order valence-electron chi connectivity index (χ4n) is 1.26. The Morgan fingerprint density at radius 3 is 2.89 bits per heavy atom. The summed E-state index contributed by atoms with van der Waals surface area (Å²) in [6.45, 7) is 5.17. The summed E-state index contributed by atoms with van der Waals surface area (Å²) in [4.78, 5) is 0. The third kappa shape index (κ3) is 7.08. The van der Waals surface area contributed by atoms with Crippen LogP contribution < -0.4 is 5.32 Å². The first-order valence-corrected chi connectivity index (χ1v) is 7.79. The van der Waals surface area contributed by atoms with Crippen molar-refractivity contribution in [3.8, 4) is 0 Å². The smallest absolute Gasteiger partial charge is 0.284 e. The Balaban J connectivity index is 2.13. The molecule has 0 saturated carbocycles. The third-order valence-corrected chi connectivity index (χ3v) is 3.69. The molecular weight excluding hydrogens is 276 g/mol. The molecule has 0 saturated heterocycles. The minimum atomic E-state index is -2.35. The van der Waals surface area contributed by atoms with Crippen LogP contribution >= 0.6 is 23.5 Å². The summed E-state index contributed by atoms with van der Waals surface area (Å²) in [5, 5.41) is 3.23. The molecule has 1 heterocycles. The second-order valence-corrected chi connectivity index (χ2v) is 5.61. The average Bonchev–Trinajstić information content (AvgIpc) is 2.79. The van der Waals surface area contributed by atoms with E-state index in [2.05, 4.69) is 11.9 Å². The molecule has 0 aliphatic rings. The predicted octanol–water partition coefficient (Wildman–Crippen LogP) is 3.74. The summed E-state index contributed by atoms with van der Waals surface area (Å²) >= 11 is 2.38. The van der Waals surface area contributed by atoms with Gasteiger partial charge >= 0.3 is 0 Å². The molecule has 2 nitrogen and oxygen atoms in total. The highest BCUT2D eigenvalue weighted by Crippen LogP contribution is 2.21. The Bertz CT molecular complexity index is 345. The quantitative estimate of drug-likeness (QED) is 0.525. The number of hydrogen-bond acceptors (Lipinski definition) is 4. The van der Waals surface area contributed by atoms with Crippen molar-refractivity contribution in [1.82, 2.24) is 5.32 Å². The summed E-state index contributed by atoms with van der Waals surface area (Å²) in [6.07, 6.45) is 1.88. The van der Waals surface area contributed by atoms with Gasteiger partial charge in [-0.15, -0.1) is 6.58 Å². The van der Waals surface area contributed by atoms with Gasteiger partial charge in [0, 0.05) is 18.1 Å². The van der Waals surface area contributed by atoms with E-state index in [0.717, 1.165) is 23.8 Å². The Kier molecular flexibility index (Phi) is 8.20. The van der Waals surface area contributed by atoms with Crippen LogP contribution in [-0.4, -0.2) is 23.8 Å². The van der Waals surface area contributed by atoms with Gasteiger partial charge in [-0.3, -0.25) is 0 Å². The molecular formula is C12H17F2NOS2. The number of nitrogens with one attached hydrogen (secondary N) is 1. The average molecular weight is 293 g/mol. The zero-order chi connectivity index (χ0) is 13.2. The Morgan fingerprint density at radius 1 is 1.39 bits per heavy atom. The van der Waals surface area contributed by atoms with E-state index in [1.807, 2.05) is 23.9 Å². The van der Waals surface area contributed by atoms with E-state index in [-0.39, 0.29) is 5.75 Å². The van der Waals surface area contributed by atoms with Gasteiger partial charge in [0.05, 0.1) is 12.3 Å². The number of hydrogen-bond donors (Lipinski definition) is 1. The van der Waals surface area contributed by atoms with Gasteiger partial charge in [0.1, 0.15) is 11.5 Å². The van der Waals surface area contributed by atoms with Crippen LogP contribution in [0.15, 0.2) is 29.2 Å². The van der Waals surface area contributed by atoms with Gasteiger partial charge < -0.3 is 9.73 Å². The number of thioether (sulfide) groups is 2. The highest BCUT2D eigenvalue weighted by atomic mass is 32.2. The zero-order valence-corrected chi connectivity index (χ0v) is 11.7. The highest BCUT2D eigenvalue weighted by molar-refractivity contribution is 7.99. The predicted molar refractivity (Wildman–Crippen MR) is 75.2 cm³/mol. The molecule has 6 heteroatoms. The van der Waals surface area contributed by atoms with Crippen LogP contribution in [0.4, 0.5) is 8.78 Å². The maximum atomic E-state index is 12.0. The first kappa shape index (κ1) is 15.6. The standard InChI is InChI=1S/C12H17F2NOS2/c1-2-6-17-7-5-15-8-10-3-4-11(16-10)9-18-12(13)14/h2-4,12,15H,1,5-9H2. The molecule has 102 valence electrons. The molecule has 0 fully saturated rings. The van der Waals surface area contributed by atoms with Crippen LogP contribution in [0.25, 0.3) is 0 Å². The van der Waals surface area contributed by atoms with Crippen molar-refractivity contribution in [1.29, 1.82) is 0 Å². The Hall–Kier alpha value is -0.460. The van der Waals surface area contributed by atoms with Crippen LogP contribution in [0.3, 0.4) is 0 Å². The fourth-order valence-corrected chi connectivity index (χ4v) is 2.33. The largest absolute Gasteiger partial charge is 0.464 e. The maximum Gasteiger partial charge on any atom is 0.284 e. The molecule has 1 aromatic heterocycles. The van der Waals surface area contributed by atoms with Crippen molar-refractivity contribution < 1.29 is 13.2 Å². The lowest BCUT2D eigenvalue weighted by atomic mass is 10.4. The van der Waals surface area contributed by atoms with E-state index in [0.29, 0.717) is 24.1 Å². The first-order valence-electron chi connectivity index (χ1n) is 5.59. The normalized spacial score (nSPS) is 11.1. The van der Waals surface area contributed by atoms with E-state index in [1.165, 1.54) is 0 Å². The monoisotopic (exact) mass is 293 g/mol. The molecule has 0 bridgehead atoms. The van der Waals surface area contributed by atoms with E-state index >= 15 is 0 Å². The third-order valence-electron chi connectivity index (χ3n) is 2.03. The van der Waals surface area contributed by atoms with Gasteiger partial charge in [-0.2, -0.15) is 20.5 Å². The summed E-state index contributed by atoms with van der Waals surface area (Å²) in [5.74, 6) is 1.22. The van der Waals surface area contributed by atoms with Gasteiger partial charge in [0.15, 0.2) is 0 Å². The second kappa shape index (κ2) is 9.47. The Labute approximate surface area is 115 Å². The molecule has 0 amide bonds. The molecule has 1 rings (SSSR count). The minimum Gasteiger partial charge on any atom is -0.464 e. The maximum absolute atomic E-state index is 12.0. The topological polar surface area (TPSA) is 25.2 Å². The lowest BCUT2D eigenvalue weighted by Gasteiger charge is -2.01. The van der Waals surface area contributed by atoms with Crippen molar-refractivity contribution in [2.45, 2.75) is 18.1 Å². The number of alkyl halides is 2. The van der Waals surface area contributed by atoms with Crippen molar-refractivity contribution in [2.24, 2.45) is 0 Å². The lowest BCUT2D eigenvalue weighted by Crippen LogP contribution is -2.16. The van der Waals surface area contributed by atoms with Gasteiger partial charge in [0.2, 0.25) is 0 Å². The number of halogens is 2. The van der Waals surface area contributed by atoms with Crippen molar-refractivity contribution in [3.05, 3.63) is 36.3 Å². The molecule has 0 atom stereocenters. The van der Waals surface area contributed by atoms with E-state index in [1.54, 1.807) is 6.07 Å². The fraction of sp³-hybridized carbons (Fsp3) is 0.500. The summed E-state index contributed by atoms with van der Waals surface area (Å²) < 4.78 is 29.4. The zero-order valence-electron chi connectivity index (χ0n) is 10.0. The lowest BCUT2D eigenvalue weighted by molar-refractivity contribution is 0.251. The first-order chi connectivity index (χ1) is 8.72. The second-order valence-electron chi connectivity index (χ2n) is 3.48. The molecule has 0 spiro atoms. The number of rotatable bonds is 10. The van der Waals surface area contributed by atoms with E-state index in [9.17, 15) is 8.78 Å². The van der Waals surface area contributed by atoms with Crippen LogP contribution in [0.1, 0.15) is 11.5 Å². The van der Waals surface area contributed by atoms with Gasteiger partial charge in [-0.25, -0.2) is 0 Å². The van der Waals surface area contributed by atoms with Crippen molar-refractivity contribution >= 4 is 23.5 Å². The molecule has 0 aliphatic carbocycles. The molecule has 0 radical (unpaired) electrons. The van der Waals surface area contributed by atoms with Gasteiger partial charge in [0.25, 0.3) is 5.76 Å². The van der Waals surface area contributed by atoms with E-state index in [4.69, 9.17) is 4.42 Å². The van der Waals surface area contributed by atoms with Crippen LogP contribution in [0.2, 0.25) is 0 Å². The molecule has 0 aliphatic heterocycles. The summed E-state index contributed by atoms with van der Waals surface area (Å²) in [6, 6.07) is 3.57. The van der Waals surface area contributed by atoms with Crippen LogP contribution in [0.5, 0.6) is 0 Å². The van der Waals surface area contributed by atoms with Crippen molar-refractivity contribution in [2.75, 3.05) is 18.1 Å². The molecule has 18 heavy (non-hydrogen) atoms. The number of furan rings is 1. The molecule has 1 aromatic rings. The van der Waals surface area contributed by atoms with Gasteiger partial charge in [-0.05, 0) is 12.1 Å².